The Labute approximate surface area is 149 Å². The molecule has 0 unspecified atom stereocenters. The number of rotatable bonds is 6. The van der Waals surface area contributed by atoms with Crippen LogP contribution in [0.5, 0.6) is 0 Å². The molecule has 3 aromatic carbocycles. The maximum atomic E-state index is 5.67. The van der Waals surface area contributed by atoms with E-state index in [2.05, 4.69) is 96.3 Å². The molecular weight excluding hydrogens is 306 g/mol. The van der Waals surface area contributed by atoms with Gasteiger partial charge in [0, 0.05) is 13.2 Å². The number of hydrogen-bond donors (Lipinski definition) is 1. The van der Waals surface area contributed by atoms with Gasteiger partial charge in [0.1, 0.15) is 0 Å². The minimum atomic E-state index is -0.386. The van der Waals surface area contributed by atoms with E-state index in [-0.39, 0.29) is 5.54 Å². The van der Waals surface area contributed by atoms with Crippen LogP contribution in [-0.2, 0) is 10.3 Å². The summed E-state index contributed by atoms with van der Waals surface area (Å²) in [6, 6.07) is 32.1. The van der Waals surface area contributed by atoms with E-state index >= 15 is 0 Å². The molecule has 0 aliphatic carbocycles. The fourth-order valence-corrected chi connectivity index (χ4v) is 3.58. The molecule has 4 rings (SSSR count). The second-order valence-electron chi connectivity index (χ2n) is 6.51. The average molecular weight is 329 g/mol. The first-order valence-electron chi connectivity index (χ1n) is 8.93. The van der Waals surface area contributed by atoms with Gasteiger partial charge in [-0.25, -0.2) is 0 Å². The standard InChI is InChI=1S/C23H23NO/c1-4-10-19(11-5-1)23(20-12-6-2-7-13-20,21-14-8-3-9-15-21)24-18-22-16-17-25-22/h1-15,22,24H,16-18H2/t22-/m1/s1. The van der Waals surface area contributed by atoms with Crippen molar-refractivity contribution in [3.8, 4) is 0 Å². The smallest absolute Gasteiger partial charge is 0.0948 e. The van der Waals surface area contributed by atoms with Crippen molar-refractivity contribution >= 4 is 0 Å². The monoisotopic (exact) mass is 329 g/mol. The quantitative estimate of drug-likeness (QED) is 0.679. The van der Waals surface area contributed by atoms with Crippen LogP contribution in [0.25, 0.3) is 0 Å². The lowest BCUT2D eigenvalue weighted by atomic mass is 9.77. The Hall–Kier alpha value is -2.42. The Bertz CT molecular complexity index is 685. The zero-order valence-corrected chi connectivity index (χ0v) is 14.3. The highest BCUT2D eigenvalue weighted by Crippen LogP contribution is 2.36. The summed E-state index contributed by atoms with van der Waals surface area (Å²) in [6.07, 6.45) is 1.43. The molecule has 1 saturated heterocycles. The van der Waals surface area contributed by atoms with E-state index in [0.717, 1.165) is 19.6 Å². The number of hydrogen-bond acceptors (Lipinski definition) is 2. The topological polar surface area (TPSA) is 21.3 Å². The zero-order valence-electron chi connectivity index (χ0n) is 14.3. The van der Waals surface area contributed by atoms with E-state index in [0.29, 0.717) is 6.10 Å². The molecule has 1 aliphatic rings. The van der Waals surface area contributed by atoms with Gasteiger partial charge in [0.25, 0.3) is 0 Å². The summed E-state index contributed by atoms with van der Waals surface area (Å²) >= 11 is 0. The molecule has 0 radical (unpaired) electrons. The normalized spacial score (nSPS) is 17.0. The lowest BCUT2D eigenvalue weighted by molar-refractivity contribution is -0.0504. The molecule has 3 aromatic rings. The maximum absolute atomic E-state index is 5.67. The molecule has 2 nitrogen and oxygen atoms in total. The molecule has 1 aliphatic heterocycles. The van der Waals surface area contributed by atoms with Crippen molar-refractivity contribution < 1.29 is 4.74 Å². The van der Waals surface area contributed by atoms with Crippen LogP contribution >= 0.6 is 0 Å². The summed E-state index contributed by atoms with van der Waals surface area (Å²) < 4.78 is 5.67. The second kappa shape index (κ2) is 7.22. The van der Waals surface area contributed by atoms with Gasteiger partial charge in [0.05, 0.1) is 11.6 Å². The zero-order chi connectivity index (χ0) is 17.0. The molecule has 1 heterocycles. The molecule has 126 valence electrons. The lowest BCUT2D eigenvalue weighted by Gasteiger charge is -2.39. The first-order valence-corrected chi connectivity index (χ1v) is 8.93. The Morgan fingerprint density at radius 1 is 0.720 bits per heavy atom. The predicted molar refractivity (Wildman–Crippen MR) is 102 cm³/mol. The van der Waals surface area contributed by atoms with Crippen LogP contribution in [0.1, 0.15) is 23.1 Å². The van der Waals surface area contributed by atoms with E-state index in [1.165, 1.54) is 16.7 Å². The Kier molecular flexibility index (Phi) is 4.64. The van der Waals surface area contributed by atoms with Crippen LogP contribution in [0.2, 0.25) is 0 Å². The lowest BCUT2D eigenvalue weighted by Crippen LogP contribution is -2.49. The Morgan fingerprint density at radius 2 is 1.12 bits per heavy atom. The highest BCUT2D eigenvalue weighted by atomic mass is 16.5. The summed E-state index contributed by atoms with van der Waals surface area (Å²) in [5, 5.41) is 3.86. The van der Waals surface area contributed by atoms with Gasteiger partial charge in [-0.2, -0.15) is 0 Å². The third-order valence-corrected chi connectivity index (χ3v) is 5.01. The highest BCUT2D eigenvalue weighted by Gasteiger charge is 2.36. The third-order valence-electron chi connectivity index (χ3n) is 5.01. The fraction of sp³-hybridized carbons (Fsp3) is 0.217. The summed E-state index contributed by atoms with van der Waals surface area (Å²) in [4.78, 5) is 0. The second-order valence-corrected chi connectivity index (χ2v) is 6.51. The summed E-state index contributed by atoms with van der Waals surface area (Å²) in [5.41, 5.74) is 3.34. The van der Waals surface area contributed by atoms with Gasteiger partial charge in [-0.05, 0) is 23.1 Å². The molecule has 25 heavy (non-hydrogen) atoms. The van der Waals surface area contributed by atoms with E-state index in [9.17, 15) is 0 Å². The maximum Gasteiger partial charge on any atom is 0.0948 e. The van der Waals surface area contributed by atoms with Gasteiger partial charge in [0.2, 0.25) is 0 Å². The van der Waals surface area contributed by atoms with E-state index in [1.54, 1.807) is 0 Å². The largest absolute Gasteiger partial charge is 0.377 e. The van der Waals surface area contributed by atoms with Crippen LogP contribution in [0.3, 0.4) is 0 Å². The molecule has 0 amide bonds. The van der Waals surface area contributed by atoms with Gasteiger partial charge < -0.3 is 4.74 Å². The Morgan fingerprint density at radius 3 is 1.44 bits per heavy atom. The van der Waals surface area contributed by atoms with E-state index in [4.69, 9.17) is 4.74 Å². The Balaban J connectivity index is 1.87. The van der Waals surface area contributed by atoms with Crippen LogP contribution in [0.15, 0.2) is 91.0 Å². The average Bonchev–Trinajstić information content (AvgIpc) is 2.66. The molecule has 1 N–H and O–H groups in total. The minimum absolute atomic E-state index is 0.301. The van der Waals surface area contributed by atoms with Crippen molar-refractivity contribution in [2.75, 3.05) is 13.2 Å². The van der Waals surface area contributed by atoms with Gasteiger partial charge in [0.15, 0.2) is 0 Å². The first-order chi connectivity index (χ1) is 12.4. The number of benzene rings is 3. The van der Waals surface area contributed by atoms with Crippen molar-refractivity contribution in [1.82, 2.24) is 5.32 Å². The number of ether oxygens (including phenoxy) is 1. The molecular formula is C23H23NO. The number of nitrogens with one attached hydrogen (secondary N) is 1. The molecule has 0 saturated carbocycles. The third kappa shape index (κ3) is 3.11. The van der Waals surface area contributed by atoms with Gasteiger partial charge in [-0.3, -0.25) is 5.32 Å². The van der Waals surface area contributed by atoms with Gasteiger partial charge >= 0.3 is 0 Å². The first kappa shape index (κ1) is 16.1. The van der Waals surface area contributed by atoms with E-state index in [1.807, 2.05) is 0 Å². The highest BCUT2D eigenvalue weighted by molar-refractivity contribution is 5.49. The van der Waals surface area contributed by atoms with Crippen LogP contribution < -0.4 is 5.32 Å². The fourth-order valence-electron chi connectivity index (χ4n) is 3.58. The van der Waals surface area contributed by atoms with E-state index < -0.39 is 0 Å². The molecule has 1 fully saturated rings. The molecule has 2 heteroatoms. The summed E-state index contributed by atoms with van der Waals surface area (Å²) in [5.74, 6) is 0. The van der Waals surface area contributed by atoms with Crippen molar-refractivity contribution in [1.29, 1.82) is 0 Å². The molecule has 0 spiro atoms. The SMILES string of the molecule is c1ccc(C(NC[C@H]2CCO2)(c2ccccc2)c2ccccc2)cc1. The van der Waals surface area contributed by atoms with Crippen molar-refractivity contribution in [3.05, 3.63) is 108 Å². The van der Waals surface area contributed by atoms with Crippen LogP contribution in [0.4, 0.5) is 0 Å². The van der Waals surface area contributed by atoms with Gasteiger partial charge in [-0.15, -0.1) is 0 Å². The molecule has 0 aromatic heterocycles. The minimum Gasteiger partial charge on any atom is -0.377 e. The summed E-state index contributed by atoms with van der Waals surface area (Å²) in [7, 11) is 0. The van der Waals surface area contributed by atoms with Crippen molar-refractivity contribution in [2.24, 2.45) is 0 Å². The molecule has 0 bridgehead atoms. The van der Waals surface area contributed by atoms with Crippen molar-refractivity contribution in [2.45, 2.75) is 18.1 Å². The molecule has 1 atom stereocenters. The predicted octanol–water partition coefficient (Wildman–Crippen LogP) is 4.36. The summed E-state index contributed by atoms with van der Waals surface area (Å²) in [6.45, 7) is 1.71. The van der Waals surface area contributed by atoms with Crippen LogP contribution in [-0.4, -0.2) is 19.3 Å². The van der Waals surface area contributed by atoms with Crippen molar-refractivity contribution in [3.63, 3.8) is 0 Å². The van der Waals surface area contributed by atoms with Gasteiger partial charge in [-0.1, -0.05) is 91.0 Å². The van der Waals surface area contributed by atoms with Crippen LogP contribution in [0, 0.1) is 0 Å².